The minimum absolute atomic E-state index is 0.912. The van der Waals surface area contributed by atoms with E-state index in [1.54, 1.807) is 0 Å². The van der Waals surface area contributed by atoms with Crippen LogP contribution >= 0.6 is 0 Å². The van der Waals surface area contributed by atoms with Gasteiger partial charge in [-0.05, 0) is 51.8 Å². The fourth-order valence-corrected chi connectivity index (χ4v) is 2.27. The van der Waals surface area contributed by atoms with Crippen LogP contribution in [-0.4, -0.2) is 14.3 Å². The molecule has 92 valence electrons. The van der Waals surface area contributed by atoms with Crippen molar-refractivity contribution in [2.45, 2.75) is 47.7 Å². The zero-order valence-corrected chi connectivity index (χ0v) is 11.4. The highest BCUT2D eigenvalue weighted by molar-refractivity contribution is 5.29. The Balaban J connectivity index is 2.34. The van der Waals surface area contributed by atoms with Crippen molar-refractivity contribution >= 4 is 0 Å². The van der Waals surface area contributed by atoms with Crippen molar-refractivity contribution in [1.82, 2.24) is 14.3 Å². The highest BCUT2D eigenvalue weighted by Gasteiger charge is 2.09. The summed E-state index contributed by atoms with van der Waals surface area (Å²) in [7, 11) is 0. The molecule has 3 nitrogen and oxygen atoms in total. The van der Waals surface area contributed by atoms with Crippen molar-refractivity contribution in [1.29, 1.82) is 0 Å². The third-order valence-electron chi connectivity index (χ3n) is 3.53. The average Bonchev–Trinajstić information content (AvgIpc) is 2.76. The van der Waals surface area contributed by atoms with Gasteiger partial charge in [0, 0.05) is 18.4 Å². The lowest BCUT2D eigenvalue weighted by atomic mass is 10.2. The van der Waals surface area contributed by atoms with E-state index in [0.717, 1.165) is 18.8 Å². The van der Waals surface area contributed by atoms with Gasteiger partial charge in [-0.25, -0.2) is 0 Å². The molecule has 2 rings (SSSR count). The Hall–Kier alpha value is -1.51. The molecule has 0 N–H and O–H groups in total. The zero-order valence-electron chi connectivity index (χ0n) is 11.4. The first-order valence-corrected chi connectivity index (χ1v) is 6.19. The Morgan fingerprint density at radius 2 is 1.88 bits per heavy atom. The van der Waals surface area contributed by atoms with Gasteiger partial charge in [0.15, 0.2) is 0 Å². The van der Waals surface area contributed by atoms with Crippen molar-refractivity contribution in [2.75, 3.05) is 0 Å². The number of aryl methyl sites for hydroxylation is 3. The average molecular weight is 231 g/mol. The summed E-state index contributed by atoms with van der Waals surface area (Å²) in [6, 6.07) is 2.17. The zero-order chi connectivity index (χ0) is 12.6. The molecule has 0 atom stereocenters. The maximum absolute atomic E-state index is 4.49. The van der Waals surface area contributed by atoms with Crippen LogP contribution in [0.15, 0.2) is 12.3 Å². The SMILES string of the molecule is CCn1nc(C)cc1Cn1cc(C)c(C)c1C. The summed E-state index contributed by atoms with van der Waals surface area (Å²) < 4.78 is 4.40. The quantitative estimate of drug-likeness (QED) is 0.796. The maximum atomic E-state index is 4.49. The second kappa shape index (κ2) is 4.40. The fourth-order valence-electron chi connectivity index (χ4n) is 2.27. The topological polar surface area (TPSA) is 22.8 Å². The molecule has 0 saturated carbocycles. The van der Waals surface area contributed by atoms with Crippen LogP contribution in [0.2, 0.25) is 0 Å². The summed E-state index contributed by atoms with van der Waals surface area (Å²) in [5.74, 6) is 0. The standard InChI is InChI=1S/C14H21N3/c1-6-17-14(7-11(3)15-17)9-16-8-10(2)12(4)13(16)5/h7-8H,6,9H2,1-5H3. The molecule has 2 aromatic heterocycles. The van der Waals surface area contributed by atoms with Gasteiger partial charge in [0.25, 0.3) is 0 Å². The van der Waals surface area contributed by atoms with Crippen LogP contribution in [0, 0.1) is 27.7 Å². The number of hydrogen-bond donors (Lipinski definition) is 0. The second-order valence-electron chi connectivity index (χ2n) is 4.74. The minimum Gasteiger partial charge on any atom is -0.345 e. The maximum Gasteiger partial charge on any atom is 0.0642 e. The third-order valence-corrected chi connectivity index (χ3v) is 3.53. The van der Waals surface area contributed by atoms with Crippen molar-refractivity contribution in [3.05, 3.63) is 40.5 Å². The van der Waals surface area contributed by atoms with Gasteiger partial charge < -0.3 is 4.57 Å². The van der Waals surface area contributed by atoms with Crippen molar-refractivity contribution in [3.63, 3.8) is 0 Å². The smallest absolute Gasteiger partial charge is 0.0642 e. The first kappa shape index (κ1) is 12.0. The largest absolute Gasteiger partial charge is 0.345 e. The number of aromatic nitrogens is 3. The van der Waals surface area contributed by atoms with E-state index in [1.165, 1.54) is 22.5 Å². The van der Waals surface area contributed by atoms with Crippen LogP contribution in [0.3, 0.4) is 0 Å². The Kier molecular flexibility index (Phi) is 3.09. The molecule has 0 aliphatic heterocycles. The summed E-state index contributed by atoms with van der Waals surface area (Å²) in [5.41, 5.74) is 6.48. The predicted molar refractivity (Wildman–Crippen MR) is 70.4 cm³/mol. The van der Waals surface area contributed by atoms with Gasteiger partial charge in [0.2, 0.25) is 0 Å². The van der Waals surface area contributed by atoms with Gasteiger partial charge in [-0.1, -0.05) is 0 Å². The van der Waals surface area contributed by atoms with Crippen molar-refractivity contribution in [2.24, 2.45) is 0 Å². The molecule has 0 fully saturated rings. The fraction of sp³-hybridized carbons (Fsp3) is 0.500. The second-order valence-corrected chi connectivity index (χ2v) is 4.74. The Bertz CT molecular complexity index is 532. The van der Waals surface area contributed by atoms with Crippen LogP contribution in [0.1, 0.15) is 35.1 Å². The molecule has 3 heteroatoms. The summed E-state index contributed by atoms with van der Waals surface area (Å²) in [6.07, 6.45) is 2.23. The molecule has 0 saturated heterocycles. The number of rotatable bonds is 3. The van der Waals surface area contributed by atoms with Gasteiger partial charge >= 0.3 is 0 Å². The molecule has 0 aliphatic rings. The molecular formula is C14H21N3. The highest BCUT2D eigenvalue weighted by Crippen LogP contribution is 2.16. The third kappa shape index (κ3) is 2.14. The van der Waals surface area contributed by atoms with Crippen LogP contribution in [0.4, 0.5) is 0 Å². The molecule has 0 aliphatic carbocycles. The van der Waals surface area contributed by atoms with Crippen LogP contribution in [-0.2, 0) is 13.1 Å². The molecule has 0 aromatic carbocycles. The minimum atomic E-state index is 0.912. The number of nitrogens with zero attached hydrogens (tertiary/aromatic N) is 3. The van der Waals surface area contributed by atoms with Gasteiger partial charge in [-0.15, -0.1) is 0 Å². The van der Waals surface area contributed by atoms with E-state index in [9.17, 15) is 0 Å². The monoisotopic (exact) mass is 231 g/mol. The Morgan fingerprint density at radius 3 is 2.41 bits per heavy atom. The lowest BCUT2D eigenvalue weighted by Crippen LogP contribution is -2.08. The van der Waals surface area contributed by atoms with E-state index in [2.05, 4.69) is 61.2 Å². The highest BCUT2D eigenvalue weighted by atomic mass is 15.3. The molecule has 0 unspecified atom stereocenters. The molecule has 0 spiro atoms. The molecule has 2 aromatic rings. The lowest BCUT2D eigenvalue weighted by Gasteiger charge is -2.08. The Labute approximate surface area is 103 Å². The van der Waals surface area contributed by atoms with Gasteiger partial charge in [-0.3, -0.25) is 4.68 Å². The van der Waals surface area contributed by atoms with E-state index in [0.29, 0.717) is 0 Å². The lowest BCUT2D eigenvalue weighted by molar-refractivity contribution is 0.594. The van der Waals surface area contributed by atoms with Gasteiger partial charge in [-0.2, -0.15) is 5.10 Å². The van der Waals surface area contributed by atoms with E-state index in [1.807, 2.05) is 0 Å². The first-order chi connectivity index (χ1) is 8.02. The number of hydrogen-bond acceptors (Lipinski definition) is 1. The first-order valence-electron chi connectivity index (χ1n) is 6.19. The summed E-state index contributed by atoms with van der Waals surface area (Å²) in [4.78, 5) is 0. The Morgan fingerprint density at radius 1 is 1.18 bits per heavy atom. The summed E-state index contributed by atoms with van der Waals surface area (Å²) in [5, 5.41) is 4.49. The summed E-state index contributed by atoms with van der Waals surface area (Å²) in [6.45, 7) is 12.6. The molecule has 17 heavy (non-hydrogen) atoms. The van der Waals surface area contributed by atoms with Crippen molar-refractivity contribution in [3.8, 4) is 0 Å². The normalized spacial score (nSPS) is 11.1. The molecule has 0 bridgehead atoms. The molecular weight excluding hydrogens is 210 g/mol. The van der Waals surface area contributed by atoms with E-state index in [4.69, 9.17) is 0 Å². The molecule has 0 amide bonds. The predicted octanol–water partition coefficient (Wildman–Crippen LogP) is 2.99. The van der Waals surface area contributed by atoms with Crippen LogP contribution < -0.4 is 0 Å². The van der Waals surface area contributed by atoms with E-state index < -0.39 is 0 Å². The van der Waals surface area contributed by atoms with Crippen LogP contribution in [0.5, 0.6) is 0 Å². The van der Waals surface area contributed by atoms with Crippen molar-refractivity contribution < 1.29 is 0 Å². The molecule has 0 radical (unpaired) electrons. The summed E-state index contributed by atoms with van der Waals surface area (Å²) >= 11 is 0. The van der Waals surface area contributed by atoms with Gasteiger partial charge in [0.05, 0.1) is 17.9 Å². The van der Waals surface area contributed by atoms with E-state index in [-0.39, 0.29) is 0 Å². The molecule has 2 heterocycles. The van der Waals surface area contributed by atoms with Crippen LogP contribution in [0.25, 0.3) is 0 Å². The van der Waals surface area contributed by atoms with E-state index >= 15 is 0 Å². The van der Waals surface area contributed by atoms with Gasteiger partial charge in [0.1, 0.15) is 0 Å².